The molecule has 2 aromatic rings. The van der Waals surface area contributed by atoms with Gasteiger partial charge in [-0.15, -0.1) is 0 Å². The van der Waals surface area contributed by atoms with Crippen LogP contribution in [-0.4, -0.2) is 12.2 Å². The number of hydrogen-bond acceptors (Lipinski definition) is 3. The van der Waals surface area contributed by atoms with Gasteiger partial charge in [0.15, 0.2) is 0 Å². The van der Waals surface area contributed by atoms with E-state index in [0.29, 0.717) is 15.8 Å². The first-order chi connectivity index (χ1) is 10.4. The Morgan fingerprint density at radius 2 is 1.77 bits per heavy atom. The van der Waals surface area contributed by atoms with Crippen LogP contribution >= 0.6 is 23.2 Å². The number of benzene rings is 2. The van der Waals surface area contributed by atoms with Gasteiger partial charge in [-0.25, -0.2) is 0 Å². The van der Waals surface area contributed by atoms with Crippen molar-refractivity contribution in [3.63, 3.8) is 0 Å². The summed E-state index contributed by atoms with van der Waals surface area (Å²) in [4.78, 5) is 16.0. The molecule has 0 spiro atoms. The molecule has 0 amide bonds. The molecule has 0 aliphatic heterocycles. The highest BCUT2D eigenvalue weighted by Crippen LogP contribution is 2.22. The molecule has 2 aromatic carbocycles. The molecular formula is C17H15Cl2NO2. The second-order valence-electron chi connectivity index (χ2n) is 5.03. The minimum Gasteiger partial charge on any atom is -0.426 e. The lowest BCUT2D eigenvalue weighted by molar-refractivity contribution is -0.137. The van der Waals surface area contributed by atoms with E-state index in [0.717, 1.165) is 11.3 Å². The van der Waals surface area contributed by atoms with Crippen molar-refractivity contribution in [2.45, 2.75) is 13.8 Å². The Balaban J connectivity index is 2.19. The quantitative estimate of drug-likeness (QED) is 0.431. The number of rotatable bonds is 4. The van der Waals surface area contributed by atoms with Crippen LogP contribution in [0.4, 0.5) is 5.69 Å². The van der Waals surface area contributed by atoms with Gasteiger partial charge in [-0.3, -0.25) is 9.79 Å². The average molecular weight is 336 g/mol. The summed E-state index contributed by atoms with van der Waals surface area (Å²) in [5.74, 6) is -0.100. The molecule has 5 heteroatoms. The van der Waals surface area contributed by atoms with E-state index in [-0.39, 0.29) is 11.9 Å². The second kappa shape index (κ2) is 7.43. The Kier molecular flexibility index (Phi) is 5.58. The summed E-state index contributed by atoms with van der Waals surface area (Å²) in [6, 6.07) is 12.2. The fourth-order valence-electron chi connectivity index (χ4n) is 1.63. The molecule has 0 radical (unpaired) electrons. The van der Waals surface area contributed by atoms with Crippen LogP contribution < -0.4 is 4.74 Å². The van der Waals surface area contributed by atoms with E-state index in [1.807, 2.05) is 12.1 Å². The van der Waals surface area contributed by atoms with Gasteiger partial charge in [0, 0.05) is 16.3 Å². The third-order valence-electron chi connectivity index (χ3n) is 2.77. The normalized spacial score (nSPS) is 11.1. The number of carbonyl (C=O) groups excluding carboxylic acids is 1. The van der Waals surface area contributed by atoms with Gasteiger partial charge < -0.3 is 4.74 Å². The Morgan fingerprint density at radius 1 is 1.09 bits per heavy atom. The lowest BCUT2D eigenvalue weighted by Gasteiger charge is -2.07. The lowest BCUT2D eigenvalue weighted by atomic mass is 10.2. The van der Waals surface area contributed by atoms with Crippen molar-refractivity contribution in [2.75, 3.05) is 0 Å². The van der Waals surface area contributed by atoms with E-state index in [1.54, 1.807) is 50.4 Å². The molecular weight excluding hydrogens is 321 g/mol. The van der Waals surface area contributed by atoms with Crippen LogP contribution in [-0.2, 0) is 4.79 Å². The van der Waals surface area contributed by atoms with Crippen LogP contribution in [0.25, 0.3) is 0 Å². The molecule has 114 valence electrons. The van der Waals surface area contributed by atoms with Crippen molar-refractivity contribution >= 4 is 41.1 Å². The third-order valence-corrected chi connectivity index (χ3v) is 3.24. The van der Waals surface area contributed by atoms with Crippen molar-refractivity contribution < 1.29 is 9.53 Å². The van der Waals surface area contributed by atoms with E-state index in [1.165, 1.54) is 0 Å². The number of carbonyl (C=O) groups is 1. The van der Waals surface area contributed by atoms with E-state index in [9.17, 15) is 4.79 Å². The van der Waals surface area contributed by atoms with Crippen molar-refractivity contribution in [2.24, 2.45) is 10.9 Å². The number of hydrogen-bond donors (Lipinski definition) is 0. The molecule has 22 heavy (non-hydrogen) atoms. The Morgan fingerprint density at radius 3 is 2.41 bits per heavy atom. The third kappa shape index (κ3) is 4.86. The molecule has 0 aromatic heterocycles. The summed E-state index contributed by atoms with van der Waals surface area (Å²) >= 11 is 11.9. The minimum absolute atomic E-state index is 0.204. The van der Waals surface area contributed by atoms with Gasteiger partial charge in [0.25, 0.3) is 0 Å². The predicted octanol–water partition coefficient (Wildman–Crippen LogP) is 5.31. The number of aliphatic imine (C=N–C) groups is 1. The van der Waals surface area contributed by atoms with Crippen molar-refractivity contribution in [1.82, 2.24) is 0 Å². The Hall–Kier alpha value is -1.84. The summed E-state index contributed by atoms with van der Waals surface area (Å²) < 4.78 is 5.26. The van der Waals surface area contributed by atoms with Crippen molar-refractivity contribution in [1.29, 1.82) is 0 Å². The molecule has 0 heterocycles. The van der Waals surface area contributed by atoms with E-state index >= 15 is 0 Å². The predicted molar refractivity (Wildman–Crippen MR) is 90.6 cm³/mol. The molecule has 3 nitrogen and oxygen atoms in total. The number of nitrogens with zero attached hydrogens (tertiary/aromatic N) is 1. The molecule has 0 saturated heterocycles. The van der Waals surface area contributed by atoms with Gasteiger partial charge in [0.05, 0.1) is 11.6 Å². The van der Waals surface area contributed by atoms with Gasteiger partial charge in [-0.2, -0.15) is 0 Å². The molecule has 0 aliphatic rings. The number of esters is 1. The largest absolute Gasteiger partial charge is 0.426 e. The lowest BCUT2D eigenvalue weighted by Crippen LogP contribution is -2.14. The summed E-state index contributed by atoms with van der Waals surface area (Å²) in [6.45, 7) is 3.55. The first-order valence-electron chi connectivity index (χ1n) is 6.76. The van der Waals surface area contributed by atoms with Gasteiger partial charge in [-0.05, 0) is 48.0 Å². The maximum absolute atomic E-state index is 11.6. The zero-order chi connectivity index (χ0) is 16.1. The highest BCUT2D eigenvalue weighted by molar-refractivity contribution is 6.31. The highest BCUT2D eigenvalue weighted by atomic mass is 35.5. The van der Waals surface area contributed by atoms with Crippen molar-refractivity contribution in [3.8, 4) is 5.75 Å². The zero-order valence-electron chi connectivity index (χ0n) is 12.2. The standard InChI is InChI=1S/C17H15Cl2NO2/c1-11(2)17(21)22-16-8-12(7-14(19)9-16)10-20-15-5-3-13(18)4-6-15/h3-11H,1-2H3. The fourth-order valence-corrected chi connectivity index (χ4v) is 1.99. The van der Waals surface area contributed by atoms with Gasteiger partial charge in [0.1, 0.15) is 5.75 Å². The molecule has 0 aliphatic carbocycles. The van der Waals surface area contributed by atoms with Crippen molar-refractivity contribution in [3.05, 3.63) is 58.1 Å². The Labute approximate surface area is 139 Å². The summed E-state index contributed by atoms with van der Waals surface area (Å²) in [6.07, 6.45) is 1.65. The molecule has 0 saturated carbocycles. The second-order valence-corrected chi connectivity index (χ2v) is 5.90. The maximum Gasteiger partial charge on any atom is 0.313 e. The average Bonchev–Trinajstić information content (AvgIpc) is 2.46. The zero-order valence-corrected chi connectivity index (χ0v) is 13.7. The monoisotopic (exact) mass is 335 g/mol. The number of halogens is 2. The van der Waals surface area contributed by atoms with Crippen LogP contribution in [0.5, 0.6) is 5.75 Å². The van der Waals surface area contributed by atoms with Gasteiger partial charge in [-0.1, -0.05) is 37.0 Å². The van der Waals surface area contributed by atoms with Crippen LogP contribution in [0, 0.1) is 5.92 Å². The first kappa shape index (κ1) is 16.5. The SMILES string of the molecule is CC(C)C(=O)Oc1cc(Cl)cc(C=Nc2ccc(Cl)cc2)c1. The fraction of sp³-hybridized carbons (Fsp3) is 0.176. The summed E-state index contributed by atoms with van der Waals surface area (Å²) in [5, 5.41) is 1.14. The summed E-state index contributed by atoms with van der Waals surface area (Å²) in [5.41, 5.74) is 1.51. The van der Waals surface area contributed by atoms with Crippen LogP contribution in [0.1, 0.15) is 19.4 Å². The highest BCUT2D eigenvalue weighted by Gasteiger charge is 2.10. The van der Waals surface area contributed by atoms with E-state index in [4.69, 9.17) is 27.9 Å². The van der Waals surface area contributed by atoms with Crippen LogP contribution in [0.3, 0.4) is 0 Å². The van der Waals surface area contributed by atoms with E-state index in [2.05, 4.69) is 4.99 Å². The molecule has 0 fully saturated rings. The maximum atomic E-state index is 11.6. The molecule has 0 bridgehead atoms. The smallest absolute Gasteiger partial charge is 0.313 e. The Bertz CT molecular complexity index is 694. The molecule has 2 rings (SSSR count). The minimum atomic E-state index is -0.303. The topological polar surface area (TPSA) is 38.7 Å². The van der Waals surface area contributed by atoms with Crippen LogP contribution in [0.15, 0.2) is 47.5 Å². The van der Waals surface area contributed by atoms with E-state index < -0.39 is 0 Å². The summed E-state index contributed by atoms with van der Waals surface area (Å²) in [7, 11) is 0. The number of ether oxygens (including phenoxy) is 1. The van der Waals surface area contributed by atoms with Crippen LogP contribution in [0.2, 0.25) is 10.0 Å². The molecule has 0 atom stereocenters. The molecule has 0 N–H and O–H groups in total. The molecule has 0 unspecified atom stereocenters. The van der Waals surface area contributed by atoms with Gasteiger partial charge >= 0.3 is 5.97 Å². The van der Waals surface area contributed by atoms with Gasteiger partial charge in [0.2, 0.25) is 0 Å². The first-order valence-corrected chi connectivity index (χ1v) is 7.51.